The summed E-state index contributed by atoms with van der Waals surface area (Å²) in [5, 5.41) is 5.38. The zero-order valence-electron chi connectivity index (χ0n) is 14.9. The van der Waals surface area contributed by atoms with Crippen LogP contribution in [-0.2, 0) is 4.79 Å². The maximum Gasteiger partial charge on any atom is 0.422 e. The molecule has 2 atom stereocenters. The molecule has 1 aliphatic carbocycles. The van der Waals surface area contributed by atoms with Crippen molar-refractivity contribution in [3.05, 3.63) is 48.2 Å². The molecule has 2 amide bonds. The number of halogens is 3. The van der Waals surface area contributed by atoms with Gasteiger partial charge in [0.1, 0.15) is 0 Å². The summed E-state index contributed by atoms with van der Waals surface area (Å²) in [4.78, 5) is 28.1. The second-order valence-corrected chi connectivity index (χ2v) is 6.63. The van der Waals surface area contributed by atoms with Gasteiger partial charge in [0, 0.05) is 23.2 Å². The van der Waals surface area contributed by atoms with Gasteiger partial charge in [0.2, 0.25) is 11.8 Å². The van der Waals surface area contributed by atoms with Crippen molar-refractivity contribution in [3.8, 4) is 5.88 Å². The van der Waals surface area contributed by atoms with Gasteiger partial charge in [0.05, 0.1) is 11.9 Å². The summed E-state index contributed by atoms with van der Waals surface area (Å²) < 4.78 is 40.9. The Balaban J connectivity index is 1.58. The fraction of sp³-hybridized carbons (Fsp3) is 0.316. The number of hydrogen-bond donors (Lipinski definition) is 2. The number of carbonyl (C=O) groups is 2. The molecular formula is C19H18F3N3O3. The van der Waals surface area contributed by atoms with Crippen molar-refractivity contribution in [1.29, 1.82) is 0 Å². The van der Waals surface area contributed by atoms with Gasteiger partial charge < -0.3 is 15.4 Å². The molecule has 9 heteroatoms. The number of benzene rings is 1. The molecule has 0 aliphatic heterocycles. The molecule has 2 N–H and O–H groups in total. The predicted octanol–water partition coefficient (Wildman–Crippen LogP) is 3.87. The molecule has 1 heterocycles. The highest BCUT2D eigenvalue weighted by Crippen LogP contribution is 2.38. The lowest BCUT2D eigenvalue weighted by Crippen LogP contribution is -2.19. The number of amides is 2. The molecule has 0 saturated heterocycles. The lowest BCUT2D eigenvalue weighted by atomic mass is 10.1. The number of hydrogen-bond acceptors (Lipinski definition) is 4. The first-order valence-corrected chi connectivity index (χ1v) is 8.59. The van der Waals surface area contributed by atoms with E-state index in [4.69, 9.17) is 0 Å². The van der Waals surface area contributed by atoms with E-state index in [0.29, 0.717) is 22.9 Å². The molecule has 3 rings (SSSR count). The van der Waals surface area contributed by atoms with Crippen LogP contribution in [0.1, 0.15) is 23.7 Å². The number of nitrogens with zero attached hydrogens (tertiary/aromatic N) is 1. The second kappa shape index (κ2) is 7.87. The van der Waals surface area contributed by atoms with E-state index in [1.807, 2.05) is 6.92 Å². The number of nitrogens with one attached hydrogen (secondary N) is 2. The van der Waals surface area contributed by atoms with Crippen molar-refractivity contribution in [2.75, 3.05) is 17.2 Å². The Bertz CT molecular complexity index is 869. The molecule has 2 unspecified atom stereocenters. The van der Waals surface area contributed by atoms with Crippen LogP contribution in [0.3, 0.4) is 0 Å². The second-order valence-electron chi connectivity index (χ2n) is 6.63. The summed E-state index contributed by atoms with van der Waals surface area (Å²) in [5.41, 5.74) is 1.13. The first-order chi connectivity index (χ1) is 13.2. The Kier molecular flexibility index (Phi) is 5.53. The van der Waals surface area contributed by atoms with Crippen LogP contribution in [0.15, 0.2) is 42.6 Å². The zero-order valence-corrected chi connectivity index (χ0v) is 14.9. The van der Waals surface area contributed by atoms with Gasteiger partial charge in [0.25, 0.3) is 5.91 Å². The highest BCUT2D eigenvalue weighted by atomic mass is 19.4. The molecule has 1 aliphatic rings. The first-order valence-electron chi connectivity index (χ1n) is 8.59. The van der Waals surface area contributed by atoms with Gasteiger partial charge in [0.15, 0.2) is 6.61 Å². The number of pyridine rings is 1. The Morgan fingerprint density at radius 3 is 2.54 bits per heavy atom. The number of rotatable bonds is 6. The predicted molar refractivity (Wildman–Crippen MR) is 96.1 cm³/mol. The molecule has 148 valence electrons. The van der Waals surface area contributed by atoms with E-state index in [-0.39, 0.29) is 17.7 Å². The van der Waals surface area contributed by atoms with Gasteiger partial charge in [-0.15, -0.1) is 0 Å². The highest BCUT2D eigenvalue weighted by molar-refractivity contribution is 6.05. The van der Waals surface area contributed by atoms with Crippen molar-refractivity contribution in [2.45, 2.75) is 19.5 Å². The molecule has 1 aromatic carbocycles. The Morgan fingerprint density at radius 1 is 1.18 bits per heavy atom. The summed E-state index contributed by atoms with van der Waals surface area (Å²) in [7, 11) is 0. The first kappa shape index (κ1) is 19.7. The van der Waals surface area contributed by atoms with Crippen LogP contribution in [0.5, 0.6) is 5.88 Å². The molecule has 0 bridgehead atoms. The van der Waals surface area contributed by atoms with Crippen LogP contribution in [0, 0.1) is 11.8 Å². The number of ether oxygens (including phenoxy) is 1. The third-order valence-electron chi connectivity index (χ3n) is 4.22. The fourth-order valence-electron chi connectivity index (χ4n) is 2.56. The monoisotopic (exact) mass is 393 g/mol. The Morgan fingerprint density at radius 2 is 1.93 bits per heavy atom. The average molecular weight is 393 g/mol. The van der Waals surface area contributed by atoms with E-state index < -0.39 is 18.7 Å². The lowest BCUT2D eigenvalue weighted by Gasteiger charge is -2.10. The molecule has 0 radical (unpaired) electrons. The molecule has 2 aromatic rings. The third kappa shape index (κ3) is 5.45. The molecule has 1 fully saturated rings. The number of aromatic nitrogens is 1. The minimum Gasteiger partial charge on any atom is -0.468 e. The largest absolute Gasteiger partial charge is 0.468 e. The number of alkyl halides is 3. The van der Waals surface area contributed by atoms with Gasteiger partial charge >= 0.3 is 6.18 Å². The summed E-state index contributed by atoms with van der Waals surface area (Å²) in [6.45, 7) is 0.561. The van der Waals surface area contributed by atoms with Gasteiger partial charge in [-0.1, -0.05) is 13.0 Å². The van der Waals surface area contributed by atoms with E-state index in [1.165, 1.54) is 18.3 Å². The van der Waals surface area contributed by atoms with Crippen LogP contribution in [0.4, 0.5) is 24.5 Å². The molecular weight excluding hydrogens is 375 g/mol. The van der Waals surface area contributed by atoms with Crippen LogP contribution in [-0.4, -0.2) is 29.6 Å². The molecule has 28 heavy (non-hydrogen) atoms. The van der Waals surface area contributed by atoms with E-state index >= 15 is 0 Å². The fourth-order valence-corrected chi connectivity index (χ4v) is 2.56. The normalized spacial score (nSPS) is 18.3. The quantitative estimate of drug-likeness (QED) is 0.781. The average Bonchev–Trinajstić information content (AvgIpc) is 3.37. The van der Waals surface area contributed by atoms with E-state index in [0.717, 1.165) is 6.42 Å². The van der Waals surface area contributed by atoms with Crippen molar-refractivity contribution in [3.63, 3.8) is 0 Å². The summed E-state index contributed by atoms with van der Waals surface area (Å²) >= 11 is 0. The molecule has 6 nitrogen and oxygen atoms in total. The lowest BCUT2D eigenvalue weighted by molar-refractivity contribution is -0.154. The molecule has 1 aromatic heterocycles. The summed E-state index contributed by atoms with van der Waals surface area (Å²) in [6, 6.07) is 9.09. The van der Waals surface area contributed by atoms with Crippen LogP contribution >= 0.6 is 0 Å². The van der Waals surface area contributed by atoms with Gasteiger partial charge in [-0.2, -0.15) is 13.2 Å². The summed E-state index contributed by atoms with van der Waals surface area (Å²) in [5.74, 6) is -0.316. The van der Waals surface area contributed by atoms with E-state index in [2.05, 4.69) is 20.4 Å². The van der Waals surface area contributed by atoms with E-state index in [1.54, 1.807) is 24.3 Å². The topological polar surface area (TPSA) is 80.3 Å². The third-order valence-corrected chi connectivity index (χ3v) is 4.22. The van der Waals surface area contributed by atoms with Crippen molar-refractivity contribution < 1.29 is 27.5 Å². The minimum atomic E-state index is -4.45. The van der Waals surface area contributed by atoms with Crippen molar-refractivity contribution in [2.24, 2.45) is 11.8 Å². The van der Waals surface area contributed by atoms with E-state index in [9.17, 15) is 22.8 Å². The van der Waals surface area contributed by atoms with Crippen LogP contribution in [0.25, 0.3) is 0 Å². The van der Waals surface area contributed by atoms with Gasteiger partial charge in [-0.3, -0.25) is 9.59 Å². The van der Waals surface area contributed by atoms with Gasteiger partial charge in [-0.05, 0) is 36.6 Å². The summed E-state index contributed by atoms with van der Waals surface area (Å²) in [6.07, 6.45) is -2.39. The van der Waals surface area contributed by atoms with Crippen molar-refractivity contribution >= 4 is 23.2 Å². The molecule has 1 saturated carbocycles. The number of anilines is 2. The van der Waals surface area contributed by atoms with Gasteiger partial charge in [-0.25, -0.2) is 4.98 Å². The minimum absolute atomic E-state index is 0.0154. The zero-order chi connectivity index (χ0) is 20.3. The van der Waals surface area contributed by atoms with Crippen LogP contribution in [0.2, 0.25) is 0 Å². The smallest absolute Gasteiger partial charge is 0.422 e. The SMILES string of the molecule is CC1CC1C(=O)Nc1cccc(C(=O)Nc2ccc(OCC(F)(F)F)nc2)c1. The Labute approximate surface area is 159 Å². The highest BCUT2D eigenvalue weighted by Gasteiger charge is 2.39. The maximum absolute atomic E-state index is 12.4. The van der Waals surface area contributed by atoms with Crippen LogP contribution < -0.4 is 15.4 Å². The maximum atomic E-state index is 12.4. The molecule has 0 spiro atoms. The van der Waals surface area contributed by atoms with Crippen molar-refractivity contribution in [1.82, 2.24) is 4.98 Å². The number of carbonyl (C=O) groups excluding carboxylic acids is 2. The Hall–Kier alpha value is -3.10. The standard InChI is InChI=1S/C19H18F3N3O3/c1-11-7-15(11)18(27)24-13-4-2-3-12(8-13)17(26)25-14-5-6-16(23-9-14)28-10-19(20,21)22/h2-6,8-9,11,15H,7,10H2,1H3,(H,24,27)(H,25,26).